The molecule has 0 unspecified atom stereocenters. The largest absolute Gasteiger partial charge is 0.376 e. The van der Waals surface area contributed by atoms with Gasteiger partial charge in [0.25, 0.3) is 0 Å². The maximum absolute atomic E-state index is 9.04. The second-order valence-corrected chi connectivity index (χ2v) is 6.65. The van der Waals surface area contributed by atoms with E-state index in [4.69, 9.17) is 14.7 Å². The summed E-state index contributed by atoms with van der Waals surface area (Å²) in [5.41, 5.74) is 0. The lowest BCUT2D eigenvalue weighted by Crippen LogP contribution is -2.44. The van der Waals surface area contributed by atoms with Crippen molar-refractivity contribution in [3.63, 3.8) is 0 Å². The van der Waals surface area contributed by atoms with Gasteiger partial charge in [-0.3, -0.25) is 0 Å². The minimum Gasteiger partial charge on any atom is -0.376 e. The molecule has 1 N–H and O–H groups in total. The SMILES string of the molecule is CC(C)[C@@H]1OCCC[C@H]1Nc1ccnc(N2CCO[C@H](C#N)C2)n1. The van der Waals surface area contributed by atoms with Crippen molar-refractivity contribution in [3.05, 3.63) is 12.3 Å². The predicted octanol–water partition coefficient (Wildman–Crippen LogP) is 1.82. The van der Waals surface area contributed by atoms with Gasteiger partial charge in [-0.15, -0.1) is 0 Å². The fourth-order valence-corrected chi connectivity index (χ4v) is 3.29. The van der Waals surface area contributed by atoms with Crippen LogP contribution in [0.25, 0.3) is 0 Å². The van der Waals surface area contributed by atoms with E-state index < -0.39 is 6.10 Å². The van der Waals surface area contributed by atoms with Gasteiger partial charge in [-0.1, -0.05) is 13.8 Å². The third-order valence-corrected chi connectivity index (χ3v) is 4.49. The highest BCUT2D eigenvalue weighted by Crippen LogP contribution is 2.24. The number of morpholine rings is 1. The number of aromatic nitrogens is 2. The maximum atomic E-state index is 9.04. The molecule has 0 aliphatic carbocycles. The predicted molar refractivity (Wildman–Crippen MR) is 90.8 cm³/mol. The van der Waals surface area contributed by atoms with E-state index in [1.807, 2.05) is 11.0 Å². The van der Waals surface area contributed by atoms with Crippen molar-refractivity contribution in [2.45, 2.75) is 44.9 Å². The van der Waals surface area contributed by atoms with Crippen molar-refractivity contribution in [3.8, 4) is 6.07 Å². The third-order valence-electron chi connectivity index (χ3n) is 4.49. The first-order chi connectivity index (χ1) is 11.7. The van der Waals surface area contributed by atoms with Crippen LogP contribution in [-0.4, -0.2) is 54.5 Å². The topological polar surface area (TPSA) is 83.3 Å². The fraction of sp³-hybridized carbons (Fsp3) is 0.706. The summed E-state index contributed by atoms with van der Waals surface area (Å²) in [6, 6.07) is 4.30. The quantitative estimate of drug-likeness (QED) is 0.901. The Balaban J connectivity index is 1.70. The number of hydrogen-bond donors (Lipinski definition) is 1. The zero-order valence-corrected chi connectivity index (χ0v) is 14.3. The summed E-state index contributed by atoms with van der Waals surface area (Å²) in [5, 5.41) is 12.6. The van der Waals surface area contributed by atoms with E-state index in [9.17, 15) is 0 Å². The Labute approximate surface area is 143 Å². The van der Waals surface area contributed by atoms with Crippen LogP contribution in [0.1, 0.15) is 26.7 Å². The van der Waals surface area contributed by atoms with E-state index in [0.29, 0.717) is 31.6 Å². The smallest absolute Gasteiger partial charge is 0.227 e. The molecule has 24 heavy (non-hydrogen) atoms. The summed E-state index contributed by atoms with van der Waals surface area (Å²) in [6.45, 7) is 6.92. The number of nitrogens with one attached hydrogen (secondary N) is 1. The molecule has 3 atom stereocenters. The van der Waals surface area contributed by atoms with Crippen molar-refractivity contribution in [2.24, 2.45) is 5.92 Å². The highest BCUT2D eigenvalue weighted by molar-refractivity contribution is 5.42. The number of anilines is 2. The molecule has 7 nitrogen and oxygen atoms in total. The monoisotopic (exact) mass is 331 g/mol. The van der Waals surface area contributed by atoms with Crippen molar-refractivity contribution in [1.82, 2.24) is 9.97 Å². The van der Waals surface area contributed by atoms with Crippen LogP contribution < -0.4 is 10.2 Å². The lowest BCUT2D eigenvalue weighted by Gasteiger charge is -2.35. The second-order valence-electron chi connectivity index (χ2n) is 6.65. The van der Waals surface area contributed by atoms with E-state index >= 15 is 0 Å². The molecule has 0 spiro atoms. The van der Waals surface area contributed by atoms with Crippen LogP contribution >= 0.6 is 0 Å². The van der Waals surface area contributed by atoms with Crippen molar-refractivity contribution in [2.75, 3.05) is 36.5 Å². The average Bonchev–Trinajstić information content (AvgIpc) is 2.62. The van der Waals surface area contributed by atoms with Gasteiger partial charge in [-0.25, -0.2) is 4.98 Å². The Morgan fingerprint density at radius 1 is 1.38 bits per heavy atom. The summed E-state index contributed by atoms with van der Waals surface area (Å²) >= 11 is 0. The molecule has 0 aromatic carbocycles. The maximum Gasteiger partial charge on any atom is 0.227 e. The first-order valence-electron chi connectivity index (χ1n) is 8.64. The number of ether oxygens (including phenoxy) is 2. The molecular formula is C17H25N5O2. The zero-order chi connectivity index (χ0) is 16.9. The number of nitriles is 1. The Morgan fingerprint density at radius 2 is 2.25 bits per heavy atom. The van der Waals surface area contributed by atoms with Crippen LogP contribution in [-0.2, 0) is 9.47 Å². The standard InChI is InChI=1S/C17H25N5O2/c1-12(2)16-14(4-3-8-24-16)20-15-5-6-19-17(21-15)22-7-9-23-13(10-18)11-22/h5-6,12-14,16H,3-4,7-9,11H2,1-2H3,(H,19,20,21)/t13-,14-,16+/m1/s1. The summed E-state index contributed by atoms with van der Waals surface area (Å²) in [6.07, 6.45) is 3.68. The van der Waals surface area contributed by atoms with Gasteiger partial charge in [-0.05, 0) is 24.8 Å². The zero-order valence-electron chi connectivity index (χ0n) is 14.3. The molecule has 0 amide bonds. The number of rotatable bonds is 4. The number of nitrogens with zero attached hydrogens (tertiary/aromatic N) is 4. The number of hydrogen-bond acceptors (Lipinski definition) is 7. The fourth-order valence-electron chi connectivity index (χ4n) is 3.29. The first kappa shape index (κ1) is 16.9. The highest BCUT2D eigenvalue weighted by atomic mass is 16.5. The van der Waals surface area contributed by atoms with Crippen LogP contribution in [0.2, 0.25) is 0 Å². The van der Waals surface area contributed by atoms with E-state index in [2.05, 4.69) is 35.2 Å². The van der Waals surface area contributed by atoms with E-state index in [-0.39, 0.29) is 12.1 Å². The summed E-state index contributed by atoms with van der Waals surface area (Å²) in [5.74, 6) is 1.90. The summed E-state index contributed by atoms with van der Waals surface area (Å²) in [7, 11) is 0. The van der Waals surface area contributed by atoms with Crippen LogP contribution in [0.5, 0.6) is 0 Å². The molecule has 2 aliphatic heterocycles. The Morgan fingerprint density at radius 3 is 3.04 bits per heavy atom. The molecule has 0 saturated carbocycles. The minimum atomic E-state index is -0.420. The Kier molecular flexibility index (Phi) is 5.48. The molecule has 3 rings (SSSR count). The summed E-state index contributed by atoms with van der Waals surface area (Å²) < 4.78 is 11.3. The van der Waals surface area contributed by atoms with Gasteiger partial charge in [-0.2, -0.15) is 10.2 Å². The van der Waals surface area contributed by atoms with Crippen molar-refractivity contribution < 1.29 is 9.47 Å². The minimum absolute atomic E-state index is 0.198. The van der Waals surface area contributed by atoms with Gasteiger partial charge >= 0.3 is 0 Å². The van der Waals surface area contributed by atoms with Crippen LogP contribution in [0.15, 0.2) is 12.3 Å². The lowest BCUT2D eigenvalue weighted by molar-refractivity contribution is -0.0203. The molecule has 2 saturated heterocycles. The van der Waals surface area contributed by atoms with Crippen molar-refractivity contribution >= 4 is 11.8 Å². The molecule has 0 radical (unpaired) electrons. The molecule has 3 heterocycles. The van der Waals surface area contributed by atoms with Gasteiger partial charge < -0.3 is 19.7 Å². The average molecular weight is 331 g/mol. The molecule has 2 fully saturated rings. The van der Waals surface area contributed by atoms with Gasteiger partial charge in [0.05, 0.1) is 31.4 Å². The van der Waals surface area contributed by atoms with E-state index in [1.54, 1.807) is 6.20 Å². The van der Waals surface area contributed by atoms with Crippen LogP contribution in [0.3, 0.4) is 0 Å². The molecule has 0 bridgehead atoms. The Hall–Kier alpha value is -1.91. The van der Waals surface area contributed by atoms with E-state index in [0.717, 1.165) is 25.3 Å². The second kappa shape index (κ2) is 7.77. The Bertz CT molecular complexity index is 589. The highest BCUT2D eigenvalue weighted by Gasteiger charge is 2.29. The van der Waals surface area contributed by atoms with Crippen molar-refractivity contribution in [1.29, 1.82) is 5.26 Å². The molecule has 1 aromatic rings. The molecule has 7 heteroatoms. The van der Waals surface area contributed by atoms with Crippen LogP contribution in [0, 0.1) is 17.2 Å². The van der Waals surface area contributed by atoms with Gasteiger partial charge in [0, 0.05) is 19.3 Å². The third kappa shape index (κ3) is 3.94. The van der Waals surface area contributed by atoms with Crippen LogP contribution in [0.4, 0.5) is 11.8 Å². The van der Waals surface area contributed by atoms with Gasteiger partial charge in [0.1, 0.15) is 5.82 Å². The first-order valence-corrected chi connectivity index (χ1v) is 8.64. The molecule has 130 valence electrons. The molecule has 2 aliphatic rings. The van der Waals surface area contributed by atoms with Gasteiger partial charge in [0.15, 0.2) is 6.10 Å². The van der Waals surface area contributed by atoms with Gasteiger partial charge in [0.2, 0.25) is 5.95 Å². The lowest BCUT2D eigenvalue weighted by atomic mass is 9.94. The summed E-state index contributed by atoms with van der Waals surface area (Å²) in [4.78, 5) is 11.0. The molecule has 1 aromatic heterocycles. The van der Waals surface area contributed by atoms with E-state index in [1.165, 1.54) is 0 Å². The molecular weight excluding hydrogens is 306 g/mol. The normalized spacial score (nSPS) is 27.8.